The minimum Gasteiger partial charge on any atom is -0.452 e. The highest BCUT2D eigenvalue weighted by molar-refractivity contribution is 6.35. The molecule has 5 rings (SSSR count). The normalized spacial score (nSPS) is 12.5. The Morgan fingerprint density at radius 2 is 1.39 bits per heavy atom. The maximum absolute atomic E-state index is 13.2. The van der Waals surface area contributed by atoms with Gasteiger partial charge < -0.3 is 9.64 Å². The van der Waals surface area contributed by atoms with E-state index in [0.717, 1.165) is 15.8 Å². The lowest BCUT2D eigenvalue weighted by Gasteiger charge is -2.27. The SMILES string of the molecule is CN(Cc1ccccc1)C(=O)COC(=O)c1ccc(N2C(=O)c3cccc4cccc(c34)C2=O)cc1. The zero-order valence-corrected chi connectivity index (χ0v) is 19.5. The van der Waals surface area contributed by atoms with Crippen LogP contribution < -0.4 is 4.90 Å². The van der Waals surface area contributed by atoms with E-state index in [2.05, 4.69) is 0 Å². The number of imide groups is 1. The highest BCUT2D eigenvalue weighted by Crippen LogP contribution is 2.32. The Kier molecular flexibility index (Phi) is 6.04. The van der Waals surface area contributed by atoms with E-state index >= 15 is 0 Å². The molecule has 0 aromatic heterocycles. The van der Waals surface area contributed by atoms with Gasteiger partial charge in [-0.2, -0.15) is 0 Å². The van der Waals surface area contributed by atoms with Gasteiger partial charge in [-0.05, 0) is 47.3 Å². The summed E-state index contributed by atoms with van der Waals surface area (Å²) in [6, 6.07) is 26.2. The van der Waals surface area contributed by atoms with Crippen molar-refractivity contribution in [1.82, 2.24) is 4.90 Å². The summed E-state index contributed by atoms with van der Waals surface area (Å²) in [6.45, 7) is 0.00840. The van der Waals surface area contributed by atoms with Crippen molar-refractivity contribution in [2.75, 3.05) is 18.6 Å². The Bertz CT molecular complexity index is 1440. The van der Waals surface area contributed by atoms with Crippen LogP contribution in [0.4, 0.5) is 5.69 Å². The predicted octanol–water partition coefficient (Wildman–Crippen LogP) is 4.46. The van der Waals surface area contributed by atoms with Crippen molar-refractivity contribution in [3.05, 3.63) is 113 Å². The van der Waals surface area contributed by atoms with Gasteiger partial charge in [-0.3, -0.25) is 14.4 Å². The molecule has 3 amide bonds. The number of amides is 3. The number of carbonyl (C=O) groups is 4. The average Bonchev–Trinajstić information content (AvgIpc) is 2.91. The molecular weight excluding hydrogens is 456 g/mol. The quantitative estimate of drug-likeness (QED) is 0.302. The van der Waals surface area contributed by atoms with E-state index in [1.807, 2.05) is 42.5 Å². The monoisotopic (exact) mass is 478 g/mol. The van der Waals surface area contributed by atoms with E-state index in [1.54, 1.807) is 31.3 Å². The molecule has 1 aliphatic rings. The molecule has 0 bridgehead atoms. The molecule has 0 N–H and O–H groups in total. The number of carbonyl (C=O) groups excluding carboxylic acids is 4. The fraction of sp³-hybridized carbons (Fsp3) is 0.103. The lowest BCUT2D eigenvalue weighted by atomic mass is 9.94. The maximum atomic E-state index is 13.2. The van der Waals surface area contributed by atoms with Crippen LogP contribution in [0.5, 0.6) is 0 Å². The second-order valence-electron chi connectivity index (χ2n) is 8.51. The molecule has 7 nitrogen and oxygen atoms in total. The minimum atomic E-state index is -0.672. The van der Waals surface area contributed by atoms with Crippen LogP contribution >= 0.6 is 0 Å². The zero-order chi connectivity index (χ0) is 25.2. The van der Waals surface area contributed by atoms with Crippen LogP contribution in [0.3, 0.4) is 0 Å². The van der Waals surface area contributed by atoms with E-state index in [0.29, 0.717) is 28.7 Å². The molecule has 0 saturated heterocycles. The van der Waals surface area contributed by atoms with Gasteiger partial charge in [-0.25, -0.2) is 9.69 Å². The number of benzene rings is 4. The van der Waals surface area contributed by atoms with Crippen molar-refractivity contribution in [3.63, 3.8) is 0 Å². The standard InChI is InChI=1S/C29H22N2O5/c1-30(17-19-7-3-2-4-8-19)25(32)18-36-29(35)21-13-15-22(16-14-21)31-27(33)23-11-5-9-20-10-6-12-24(26(20)23)28(31)34/h2-16H,17-18H2,1H3. The molecule has 0 fully saturated rings. The van der Waals surface area contributed by atoms with Crippen molar-refractivity contribution < 1.29 is 23.9 Å². The first-order chi connectivity index (χ1) is 17.4. The van der Waals surface area contributed by atoms with Crippen LogP contribution in [0.1, 0.15) is 36.6 Å². The van der Waals surface area contributed by atoms with Crippen LogP contribution in [-0.4, -0.2) is 42.2 Å². The summed E-state index contributed by atoms with van der Waals surface area (Å²) in [7, 11) is 1.64. The van der Waals surface area contributed by atoms with E-state index in [-0.39, 0.29) is 11.5 Å². The van der Waals surface area contributed by atoms with Crippen LogP contribution in [0.2, 0.25) is 0 Å². The van der Waals surface area contributed by atoms with Crippen molar-refractivity contribution in [3.8, 4) is 0 Å². The first-order valence-electron chi connectivity index (χ1n) is 11.4. The maximum Gasteiger partial charge on any atom is 0.338 e. The third-order valence-corrected chi connectivity index (χ3v) is 6.15. The molecule has 0 saturated carbocycles. The van der Waals surface area contributed by atoms with Gasteiger partial charge in [0.15, 0.2) is 6.61 Å². The summed E-state index contributed by atoms with van der Waals surface area (Å²) in [4.78, 5) is 53.8. The Morgan fingerprint density at radius 3 is 2.00 bits per heavy atom. The van der Waals surface area contributed by atoms with Gasteiger partial charge in [0.25, 0.3) is 17.7 Å². The Morgan fingerprint density at radius 1 is 0.778 bits per heavy atom. The number of anilines is 1. The number of hydrogen-bond acceptors (Lipinski definition) is 5. The molecule has 0 atom stereocenters. The van der Waals surface area contributed by atoms with Gasteiger partial charge in [0.2, 0.25) is 0 Å². The molecule has 4 aromatic carbocycles. The first-order valence-corrected chi connectivity index (χ1v) is 11.4. The van der Waals surface area contributed by atoms with Gasteiger partial charge in [0.1, 0.15) is 0 Å². The second kappa shape index (κ2) is 9.46. The third kappa shape index (κ3) is 4.22. The van der Waals surface area contributed by atoms with Gasteiger partial charge in [0, 0.05) is 30.1 Å². The van der Waals surface area contributed by atoms with E-state index < -0.39 is 24.4 Å². The molecular formula is C29H22N2O5. The molecule has 0 spiro atoms. The summed E-state index contributed by atoms with van der Waals surface area (Å²) >= 11 is 0. The largest absolute Gasteiger partial charge is 0.452 e. The smallest absolute Gasteiger partial charge is 0.338 e. The summed E-state index contributed by atoms with van der Waals surface area (Å²) < 4.78 is 5.18. The van der Waals surface area contributed by atoms with E-state index in [1.165, 1.54) is 29.2 Å². The topological polar surface area (TPSA) is 84.0 Å². The van der Waals surface area contributed by atoms with Crippen molar-refractivity contribution in [2.45, 2.75) is 6.54 Å². The van der Waals surface area contributed by atoms with Gasteiger partial charge >= 0.3 is 5.97 Å². The number of esters is 1. The predicted molar refractivity (Wildman–Crippen MR) is 135 cm³/mol. The van der Waals surface area contributed by atoms with Crippen molar-refractivity contribution >= 4 is 40.2 Å². The van der Waals surface area contributed by atoms with Crippen molar-refractivity contribution in [2.24, 2.45) is 0 Å². The van der Waals surface area contributed by atoms with Gasteiger partial charge in [0.05, 0.1) is 11.3 Å². The summed E-state index contributed by atoms with van der Waals surface area (Å²) in [6.07, 6.45) is 0. The molecule has 0 radical (unpaired) electrons. The van der Waals surface area contributed by atoms with Crippen LogP contribution in [0.25, 0.3) is 10.8 Å². The number of likely N-dealkylation sites (N-methyl/N-ethyl adjacent to an activating group) is 1. The van der Waals surface area contributed by atoms with Gasteiger partial charge in [-0.15, -0.1) is 0 Å². The molecule has 0 aliphatic carbocycles. The summed E-state index contributed by atoms with van der Waals surface area (Å²) in [5, 5.41) is 1.47. The molecule has 7 heteroatoms. The molecule has 1 heterocycles. The fourth-order valence-electron chi connectivity index (χ4n) is 4.28. The zero-order valence-electron chi connectivity index (χ0n) is 19.5. The van der Waals surface area contributed by atoms with Crippen molar-refractivity contribution in [1.29, 1.82) is 0 Å². The lowest BCUT2D eigenvalue weighted by molar-refractivity contribution is -0.133. The van der Waals surface area contributed by atoms with E-state index in [4.69, 9.17) is 4.74 Å². The van der Waals surface area contributed by atoms with E-state index in [9.17, 15) is 19.2 Å². The fourth-order valence-corrected chi connectivity index (χ4v) is 4.28. The number of rotatable bonds is 6. The van der Waals surface area contributed by atoms with Crippen LogP contribution in [0, 0.1) is 0 Å². The summed E-state index contributed by atoms with van der Waals surface area (Å²) in [5.74, 6) is -1.85. The number of ether oxygens (including phenoxy) is 1. The number of hydrogen-bond donors (Lipinski definition) is 0. The number of nitrogens with zero attached hydrogens (tertiary/aromatic N) is 2. The Labute approximate surface area is 207 Å². The molecule has 1 aliphatic heterocycles. The van der Waals surface area contributed by atoms with Crippen LogP contribution in [0.15, 0.2) is 91.0 Å². The Balaban J connectivity index is 1.27. The third-order valence-electron chi connectivity index (χ3n) is 6.15. The summed E-state index contributed by atoms with van der Waals surface area (Å²) in [5.41, 5.74) is 2.41. The molecule has 0 unspecified atom stereocenters. The molecule has 4 aromatic rings. The lowest BCUT2D eigenvalue weighted by Crippen LogP contribution is -2.40. The second-order valence-corrected chi connectivity index (χ2v) is 8.51. The Hall–Kier alpha value is -4.78. The first kappa shape index (κ1) is 23.0. The van der Waals surface area contributed by atoms with Gasteiger partial charge in [-0.1, -0.05) is 54.6 Å². The highest BCUT2D eigenvalue weighted by Gasteiger charge is 2.33. The molecule has 178 valence electrons. The minimum absolute atomic E-state index is 0.205. The average molecular weight is 479 g/mol. The van der Waals surface area contributed by atoms with Crippen LogP contribution in [-0.2, 0) is 16.1 Å². The highest BCUT2D eigenvalue weighted by atomic mass is 16.5. The molecule has 36 heavy (non-hydrogen) atoms.